The fourth-order valence-electron chi connectivity index (χ4n) is 2.72. The summed E-state index contributed by atoms with van der Waals surface area (Å²) in [4.78, 5) is 4.54. The first-order valence-electron chi connectivity index (χ1n) is 8.06. The van der Waals surface area contributed by atoms with Gasteiger partial charge in [-0.3, -0.25) is 4.72 Å². The molecule has 0 aliphatic rings. The van der Waals surface area contributed by atoms with Crippen LogP contribution >= 0.6 is 0 Å². The van der Waals surface area contributed by atoms with Gasteiger partial charge in [0.05, 0.1) is 10.6 Å². The zero-order valence-corrected chi connectivity index (χ0v) is 15.2. The molecule has 6 heteroatoms. The molecule has 0 saturated carbocycles. The molecule has 1 N–H and O–H groups in total. The number of nitrogens with one attached hydrogen (secondary N) is 1. The monoisotopic (exact) mass is 356 g/mol. The van der Waals surface area contributed by atoms with Gasteiger partial charge in [0.15, 0.2) is 5.89 Å². The second-order valence-electron chi connectivity index (χ2n) is 5.78. The van der Waals surface area contributed by atoms with Crippen molar-refractivity contribution in [3.63, 3.8) is 0 Å². The minimum absolute atomic E-state index is 0.208. The van der Waals surface area contributed by atoms with Gasteiger partial charge < -0.3 is 4.42 Å². The number of hydrogen-bond acceptors (Lipinski definition) is 4. The lowest BCUT2D eigenvalue weighted by Gasteiger charge is -2.12. The summed E-state index contributed by atoms with van der Waals surface area (Å²) in [6, 6.07) is 14.0. The maximum absolute atomic E-state index is 12.6. The molecule has 3 rings (SSSR count). The first-order valence-corrected chi connectivity index (χ1v) is 9.54. The van der Waals surface area contributed by atoms with Crippen molar-refractivity contribution < 1.29 is 12.8 Å². The van der Waals surface area contributed by atoms with E-state index in [-0.39, 0.29) is 4.90 Å². The third kappa shape index (κ3) is 3.58. The largest absolute Gasteiger partial charge is 0.446 e. The van der Waals surface area contributed by atoms with E-state index in [1.807, 2.05) is 32.0 Å². The van der Waals surface area contributed by atoms with E-state index in [0.717, 1.165) is 23.2 Å². The Morgan fingerprint density at radius 3 is 2.32 bits per heavy atom. The standard InChI is InChI=1S/C19H20N2O3S/c1-4-15-7-5-6-8-18(15)21-25(22,23)17-11-9-16(10-12-17)19-13(2)24-14(3)20-19/h5-12,21H,4H2,1-3H3. The molecular weight excluding hydrogens is 336 g/mol. The highest BCUT2D eigenvalue weighted by Gasteiger charge is 2.17. The molecule has 0 fully saturated rings. The number of hydrogen-bond donors (Lipinski definition) is 1. The zero-order chi connectivity index (χ0) is 18.0. The van der Waals surface area contributed by atoms with E-state index >= 15 is 0 Å². The Hall–Kier alpha value is -2.60. The number of anilines is 1. The Labute approximate surface area is 147 Å². The second kappa shape index (κ2) is 6.72. The van der Waals surface area contributed by atoms with E-state index in [9.17, 15) is 8.42 Å². The average Bonchev–Trinajstić information content (AvgIpc) is 2.93. The second-order valence-corrected chi connectivity index (χ2v) is 7.46. The normalized spacial score (nSPS) is 11.5. The van der Waals surface area contributed by atoms with Crippen LogP contribution in [-0.2, 0) is 16.4 Å². The molecule has 3 aromatic rings. The lowest BCUT2D eigenvalue weighted by Crippen LogP contribution is -2.14. The summed E-state index contributed by atoms with van der Waals surface area (Å²) in [5.41, 5.74) is 3.11. The van der Waals surface area contributed by atoms with Crippen LogP contribution in [0, 0.1) is 13.8 Å². The summed E-state index contributed by atoms with van der Waals surface area (Å²) in [5, 5.41) is 0. The number of oxazole rings is 1. The molecule has 130 valence electrons. The van der Waals surface area contributed by atoms with Gasteiger partial charge in [0.1, 0.15) is 11.5 Å². The van der Waals surface area contributed by atoms with Gasteiger partial charge in [-0.25, -0.2) is 13.4 Å². The van der Waals surface area contributed by atoms with E-state index in [1.165, 1.54) is 0 Å². The van der Waals surface area contributed by atoms with E-state index in [0.29, 0.717) is 17.3 Å². The summed E-state index contributed by atoms with van der Waals surface area (Å²) < 4.78 is 33.4. The van der Waals surface area contributed by atoms with Crippen LogP contribution in [0.1, 0.15) is 24.1 Å². The summed E-state index contributed by atoms with van der Waals surface area (Å²) >= 11 is 0. The van der Waals surface area contributed by atoms with Gasteiger partial charge in [0.2, 0.25) is 0 Å². The number of para-hydroxylation sites is 1. The van der Waals surface area contributed by atoms with E-state index < -0.39 is 10.0 Å². The van der Waals surface area contributed by atoms with E-state index in [2.05, 4.69) is 9.71 Å². The Morgan fingerprint density at radius 1 is 1.04 bits per heavy atom. The number of sulfonamides is 1. The highest BCUT2D eigenvalue weighted by atomic mass is 32.2. The van der Waals surface area contributed by atoms with E-state index in [1.54, 1.807) is 37.3 Å². The molecule has 0 bridgehead atoms. The fourth-order valence-corrected chi connectivity index (χ4v) is 3.82. The van der Waals surface area contributed by atoms with Crippen molar-refractivity contribution in [2.24, 2.45) is 0 Å². The van der Waals surface area contributed by atoms with Crippen LogP contribution < -0.4 is 4.72 Å². The quantitative estimate of drug-likeness (QED) is 0.739. The third-order valence-corrected chi connectivity index (χ3v) is 5.37. The lowest BCUT2D eigenvalue weighted by atomic mass is 10.1. The minimum atomic E-state index is -3.64. The smallest absolute Gasteiger partial charge is 0.261 e. The molecule has 0 unspecified atom stereocenters. The van der Waals surface area contributed by atoms with Crippen LogP contribution in [0.25, 0.3) is 11.3 Å². The molecule has 2 aromatic carbocycles. The molecule has 25 heavy (non-hydrogen) atoms. The summed E-state index contributed by atoms with van der Waals surface area (Å²) in [6.45, 7) is 5.61. The van der Waals surface area contributed by atoms with Crippen LogP contribution in [0.2, 0.25) is 0 Å². The Bertz CT molecular complexity index is 990. The molecule has 0 aliphatic carbocycles. The van der Waals surface area contributed by atoms with Crippen molar-refractivity contribution in [3.8, 4) is 11.3 Å². The number of rotatable bonds is 5. The molecule has 0 atom stereocenters. The molecule has 0 amide bonds. The van der Waals surface area contributed by atoms with Crippen molar-refractivity contribution >= 4 is 15.7 Å². The molecular formula is C19H20N2O3S. The van der Waals surface area contributed by atoms with Crippen molar-refractivity contribution in [1.29, 1.82) is 0 Å². The number of aromatic nitrogens is 1. The lowest BCUT2D eigenvalue weighted by molar-refractivity contribution is 0.495. The highest BCUT2D eigenvalue weighted by Crippen LogP contribution is 2.26. The van der Waals surface area contributed by atoms with Gasteiger partial charge in [-0.1, -0.05) is 37.3 Å². The SMILES string of the molecule is CCc1ccccc1NS(=O)(=O)c1ccc(-c2nc(C)oc2C)cc1. The first kappa shape index (κ1) is 17.2. The predicted molar refractivity (Wildman–Crippen MR) is 98.0 cm³/mol. The van der Waals surface area contributed by atoms with Crippen molar-refractivity contribution in [3.05, 3.63) is 65.7 Å². The van der Waals surface area contributed by atoms with Gasteiger partial charge >= 0.3 is 0 Å². The Balaban J connectivity index is 1.89. The Morgan fingerprint density at radius 2 is 1.72 bits per heavy atom. The van der Waals surface area contributed by atoms with Crippen LogP contribution in [0.5, 0.6) is 0 Å². The van der Waals surface area contributed by atoms with E-state index in [4.69, 9.17) is 4.42 Å². The van der Waals surface area contributed by atoms with Crippen molar-refractivity contribution in [2.45, 2.75) is 32.1 Å². The summed E-state index contributed by atoms with van der Waals surface area (Å²) in [7, 11) is -3.64. The third-order valence-electron chi connectivity index (χ3n) is 3.98. The topological polar surface area (TPSA) is 72.2 Å². The van der Waals surface area contributed by atoms with Gasteiger partial charge in [0.25, 0.3) is 10.0 Å². The van der Waals surface area contributed by atoms with Crippen LogP contribution in [0.15, 0.2) is 57.8 Å². The fraction of sp³-hybridized carbons (Fsp3) is 0.211. The van der Waals surface area contributed by atoms with Gasteiger partial charge in [-0.2, -0.15) is 0 Å². The molecule has 0 radical (unpaired) electrons. The molecule has 1 heterocycles. The van der Waals surface area contributed by atoms with Gasteiger partial charge in [-0.05, 0) is 37.1 Å². The van der Waals surface area contributed by atoms with Crippen molar-refractivity contribution in [2.75, 3.05) is 4.72 Å². The number of benzene rings is 2. The molecule has 0 aliphatic heterocycles. The first-order chi connectivity index (χ1) is 11.9. The summed E-state index contributed by atoms with van der Waals surface area (Å²) in [6.07, 6.45) is 0.752. The van der Waals surface area contributed by atoms with Crippen LogP contribution in [0.3, 0.4) is 0 Å². The summed E-state index contributed by atoms with van der Waals surface area (Å²) in [5.74, 6) is 1.30. The number of aryl methyl sites for hydroxylation is 3. The van der Waals surface area contributed by atoms with Crippen LogP contribution in [-0.4, -0.2) is 13.4 Å². The maximum Gasteiger partial charge on any atom is 0.261 e. The molecule has 0 spiro atoms. The average molecular weight is 356 g/mol. The zero-order valence-electron chi connectivity index (χ0n) is 14.4. The maximum atomic E-state index is 12.6. The molecule has 0 saturated heterocycles. The Kier molecular flexibility index (Phi) is 4.63. The highest BCUT2D eigenvalue weighted by molar-refractivity contribution is 7.92. The van der Waals surface area contributed by atoms with Gasteiger partial charge in [-0.15, -0.1) is 0 Å². The molecule has 5 nitrogen and oxygen atoms in total. The predicted octanol–water partition coefficient (Wildman–Crippen LogP) is 4.32. The van der Waals surface area contributed by atoms with Crippen LogP contribution in [0.4, 0.5) is 5.69 Å². The van der Waals surface area contributed by atoms with Crippen molar-refractivity contribution in [1.82, 2.24) is 4.98 Å². The minimum Gasteiger partial charge on any atom is -0.446 e. The number of nitrogens with zero attached hydrogens (tertiary/aromatic N) is 1. The molecule has 1 aromatic heterocycles. The van der Waals surface area contributed by atoms with Gasteiger partial charge in [0, 0.05) is 12.5 Å².